The Balaban J connectivity index is 1.76. The summed E-state index contributed by atoms with van der Waals surface area (Å²) in [6, 6.07) is 13.6. The average Bonchev–Trinajstić information content (AvgIpc) is 3.17. The normalized spacial score (nSPS) is 10.5. The molecule has 0 aliphatic carbocycles. The summed E-state index contributed by atoms with van der Waals surface area (Å²) in [5.74, 6) is -0.474. The highest BCUT2D eigenvalue weighted by Gasteiger charge is 2.15. The molecule has 0 fully saturated rings. The van der Waals surface area contributed by atoms with Gasteiger partial charge in [0.05, 0.1) is 17.9 Å². The van der Waals surface area contributed by atoms with E-state index in [-0.39, 0.29) is 11.7 Å². The third kappa shape index (κ3) is 4.03. The van der Waals surface area contributed by atoms with Gasteiger partial charge in [-0.15, -0.1) is 0 Å². The fraction of sp³-hybridized carbons (Fsp3) is 0.158. The van der Waals surface area contributed by atoms with Crippen LogP contribution in [0.5, 0.6) is 0 Å². The van der Waals surface area contributed by atoms with Crippen LogP contribution < -0.4 is 5.32 Å². The molecule has 5 nitrogen and oxygen atoms in total. The van der Waals surface area contributed by atoms with Crippen LogP contribution in [-0.2, 0) is 6.54 Å². The lowest BCUT2D eigenvalue weighted by molar-refractivity contribution is 0.211. The van der Waals surface area contributed by atoms with Gasteiger partial charge in [-0.2, -0.15) is 0 Å². The van der Waals surface area contributed by atoms with Crippen molar-refractivity contribution in [2.75, 3.05) is 11.9 Å². The number of hydrogen-bond acceptors (Lipinski definition) is 2. The summed E-state index contributed by atoms with van der Waals surface area (Å²) in [5.41, 5.74) is 1.70. The predicted molar refractivity (Wildman–Crippen MR) is 95.1 cm³/mol. The van der Waals surface area contributed by atoms with E-state index in [0.717, 1.165) is 11.4 Å². The zero-order chi connectivity index (χ0) is 17.6. The van der Waals surface area contributed by atoms with Gasteiger partial charge in [-0.1, -0.05) is 6.07 Å². The fourth-order valence-corrected chi connectivity index (χ4v) is 2.48. The van der Waals surface area contributed by atoms with E-state index in [1.165, 1.54) is 6.07 Å². The number of carbonyl (C=O) groups excluding carboxylic acids is 1. The number of rotatable bonds is 5. The van der Waals surface area contributed by atoms with Crippen molar-refractivity contribution in [2.45, 2.75) is 13.5 Å². The first-order valence-corrected chi connectivity index (χ1v) is 8.06. The van der Waals surface area contributed by atoms with Crippen molar-refractivity contribution < 1.29 is 9.18 Å². The van der Waals surface area contributed by atoms with E-state index in [4.69, 9.17) is 0 Å². The number of pyridine rings is 1. The zero-order valence-corrected chi connectivity index (χ0v) is 13.9. The summed E-state index contributed by atoms with van der Waals surface area (Å²) in [6.07, 6.45) is 5.40. The molecule has 2 amide bonds. The van der Waals surface area contributed by atoms with Crippen molar-refractivity contribution in [1.29, 1.82) is 0 Å². The molecular formula is C19H19FN4O. The summed E-state index contributed by atoms with van der Waals surface area (Å²) in [4.78, 5) is 18.3. The Labute approximate surface area is 145 Å². The molecule has 3 rings (SSSR count). The minimum absolute atomic E-state index is 0.149. The molecular weight excluding hydrogens is 319 g/mol. The number of carbonyl (C=O) groups is 1. The second-order valence-electron chi connectivity index (χ2n) is 5.52. The SMILES string of the molecule is CCN(Cc1ccccn1)C(=O)Nc1cc(-n2cccc2)ccc1F. The molecule has 0 radical (unpaired) electrons. The maximum atomic E-state index is 14.1. The monoisotopic (exact) mass is 338 g/mol. The van der Waals surface area contributed by atoms with Crippen LogP contribution in [-0.4, -0.2) is 27.0 Å². The van der Waals surface area contributed by atoms with Crippen LogP contribution in [0, 0.1) is 5.82 Å². The molecule has 0 atom stereocenters. The fourth-order valence-electron chi connectivity index (χ4n) is 2.48. The van der Waals surface area contributed by atoms with Crippen LogP contribution in [0.4, 0.5) is 14.9 Å². The number of benzene rings is 1. The average molecular weight is 338 g/mol. The molecule has 6 heteroatoms. The standard InChI is InChI=1S/C19H19FN4O/c1-2-23(14-15-7-3-4-10-21-15)19(25)22-18-13-16(8-9-17(18)20)24-11-5-6-12-24/h3-13H,2,14H2,1H3,(H,22,25). The lowest BCUT2D eigenvalue weighted by Gasteiger charge is -2.21. The van der Waals surface area contributed by atoms with Crippen molar-refractivity contribution in [3.8, 4) is 5.69 Å². The molecule has 0 aliphatic heterocycles. The number of anilines is 1. The summed E-state index contributed by atoms with van der Waals surface area (Å²) in [7, 11) is 0. The highest BCUT2D eigenvalue weighted by Crippen LogP contribution is 2.20. The van der Waals surface area contributed by atoms with Gasteiger partial charge in [-0.3, -0.25) is 4.98 Å². The van der Waals surface area contributed by atoms with Crippen molar-refractivity contribution in [3.05, 3.63) is 78.6 Å². The van der Waals surface area contributed by atoms with E-state index < -0.39 is 5.82 Å². The molecule has 1 aromatic carbocycles. The zero-order valence-electron chi connectivity index (χ0n) is 13.9. The van der Waals surface area contributed by atoms with Crippen LogP contribution in [0.2, 0.25) is 0 Å². The van der Waals surface area contributed by atoms with Gasteiger partial charge < -0.3 is 14.8 Å². The summed E-state index contributed by atoms with van der Waals surface area (Å²) < 4.78 is 16.0. The molecule has 1 N–H and O–H groups in total. The molecule has 0 saturated heterocycles. The summed E-state index contributed by atoms with van der Waals surface area (Å²) in [5, 5.41) is 2.65. The maximum Gasteiger partial charge on any atom is 0.322 e. The molecule has 0 bridgehead atoms. The van der Waals surface area contributed by atoms with E-state index in [0.29, 0.717) is 13.1 Å². The molecule has 25 heavy (non-hydrogen) atoms. The molecule has 2 aromatic heterocycles. The predicted octanol–water partition coefficient (Wildman–Crippen LogP) is 4.07. The van der Waals surface area contributed by atoms with Gasteiger partial charge in [0.25, 0.3) is 0 Å². The quantitative estimate of drug-likeness (QED) is 0.762. The Bertz CT molecular complexity index is 834. The lowest BCUT2D eigenvalue weighted by atomic mass is 10.2. The Morgan fingerprint density at radius 3 is 2.68 bits per heavy atom. The van der Waals surface area contributed by atoms with Crippen molar-refractivity contribution in [2.24, 2.45) is 0 Å². The molecule has 0 aliphatic rings. The molecule has 0 saturated carbocycles. The third-order valence-corrected chi connectivity index (χ3v) is 3.84. The van der Waals surface area contributed by atoms with Crippen LogP contribution in [0.25, 0.3) is 5.69 Å². The number of urea groups is 1. The maximum absolute atomic E-state index is 14.1. The topological polar surface area (TPSA) is 50.2 Å². The second-order valence-corrected chi connectivity index (χ2v) is 5.52. The highest BCUT2D eigenvalue weighted by atomic mass is 19.1. The van der Waals surface area contributed by atoms with Gasteiger partial charge in [0, 0.05) is 30.8 Å². The second kappa shape index (κ2) is 7.61. The summed E-state index contributed by atoms with van der Waals surface area (Å²) in [6.45, 7) is 2.72. The van der Waals surface area contributed by atoms with Crippen molar-refractivity contribution in [1.82, 2.24) is 14.5 Å². The van der Waals surface area contributed by atoms with Crippen LogP contribution in [0.3, 0.4) is 0 Å². The van der Waals surface area contributed by atoms with Gasteiger partial charge in [-0.25, -0.2) is 9.18 Å². The van der Waals surface area contributed by atoms with Crippen LogP contribution in [0.15, 0.2) is 67.1 Å². The largest absolute Gasteiger partial charge is 0.324 e. The van der Waals surface area contributed by atoms with Crippen molar-refractivity contribution in [3.63, 3.8) is 0 Å². The van der Waals surface area contributed by atoms with Gasteiger partial charge in [-0.05, 0) is 49.4 Å². The Kier molecular flexibility index (Phi) is 5.09. The van der Waals surface area contributed by atoms with E-state index in [9.17, 15) is 9.18 Å². The lowest BCUT2D eigenvalue weighted by Crippen LogP contribution is -2.34. The highest BCUT2D eigenvalue weighted by molar-refractivity contribution is 5.89. The Hall–Kier alpha value is -3.15. The molecule has 0 spiro atoms. The molecule has 128 valence electrons. The third-order valence-electron chi connectivity index (χ3n) is 3.84. The minimum atomic E-state index is -0.474. The minimum Gasteiger partial charge on any atom is -0.324 e. The number of nitrogens with one attached hydrogen (secondary N) is 1. The van der Waals surface area contributed by atoms with Crippen LogP contribution in [0.1, 0.15) is 12.6 Å². The number of aromatic nitrogens is 2. The van der Waals surface area contributed by atoms with Crippen LogP contribution >= 0.6 is 0 Å². The first-order valence-electron chi connectivity index (χ1n) is 8.06. The Morgan fingerprint density at radius 1 is 1.20 bits per heavy atom. The van der Waals surface area contributed by atoms with Gasteiger partial charge in [0.15, 0.2) is 0 Å². The first-order chi connectivity index (χ1) is 12.2. The smallest absolute Gasteiger partial charge is 0.322 e. The number of hydrogen-bond donors (Lipinski definition) is 1. The van der Waals surface area contributed by atoms with E-state index in [1.54, 1.807) is 23.2 Å². The first kappa shape index (κ1) is 16.7. The number of nitrogens with zero attached hydrogens (tertiary/aromatic N) is 3. The number of amides is 2. The van der Waals surface area contributed by atoms with E-state index >= 15 is 0 Å². The van der Waals surface area contributed by atoms with Gasteiger partial charge in [0.1, 0.15) is 5.82 Å². The summed E-state index contributed by atoms with van der Waals surface area (Å²) >= 11 is 0. The van der Waals surface area contributed by atoms with E-state index in [2.05, 4.69) is 10.3 Å². The molecule has 2 heterocycles. The van der Waals surface area contributed by atoms with Crippen molar-refractivity contribution >= 4 is 11.7 Å². The number of halogens is 1. The molecule has 0 unspecified atom stereocenters. The molecule has 3 aromatic rings. The van der Waals surface area contributed by atoms with E-state index in [1.807, 2.05) is 54.2 Å². The van der Waals surface area contributed by atoms with Gasteiger partial charge in [0.2, 0.25) is 0 Å². The Morgan fingerprint density at radius 2 is 2.00 bits per heavy atom. The van der Waals surface area contributed by atoms with Gasteiger partial charge >= 0.3 is 6.03 Å².